The van der Waals surface area contributed by atoms with E-state index in [0.29, 0.717) is 35.9 Å². The lowest BCUT2D eigenvalue weighted by atomic mass is 10.2. The fourth-order valence-corrected chi connectivity index (χ4v) is 2.69. The van der Waals surface area contributed by atoms with Crippen LogP contribution >= 0.6 is 0 Å². The minimum Gasteiger partial charge on any atom is -0.463 e. The average molecular weight is 354 g/mol. The summed E-state index contributed by atoms with van der Waals surface area (Å²) < 4.78 is 6.79. The lowest BCUT2D eigenvalue weighted by Crippen LogP contribution is -2.32. The van der Waals surface area contributed by atoms with Crippen LogP contribution in [0.4, 0.5) is 5.69 Å². The molecule has 0 saturated heterocycles. The molecule has 0 aliphatic carbocycles. The first-order valence-electron chi connectivity index (χ1n) is 8.23. The van der Waals surface area contributed by atoms with Gasteiger partial charge in [-0.3, -0.25) is 14.9 Å². The molecule has 134 valence electrons. The highest BCUT2D eigenvalue weighted by Crippen LogP contribution is 2.24. The Morgan fingerprint density at radius 1 is 1.23 bits per heavy atom. The lowest BCUT2D eigenvalue weighted by molar-refractivity contribution is -0.384. The van der Waals surface area contributed by atoms with Gasteiger partial charge in [0.05, 0.1) is 16.9 Å². The molecule has 1 amide bonds. The van der Waals surface area contributed by atoms with E-state index in [2.05, 4.69) is 5.10 Å². The van der Waals surface area contributed by atoms with Crippen LogP contribution in [0.15, 0.2) is 53.1 Å². The smallest absolute Gasteiger partial charge is 0.272 e. The summed E-state index contributed by atoms with van der Waals surface area (Å²) in [6.07, 6.45) is 1.52. The van der Waals surface area contributed by atoms with Crippen LogP contribution in [0, 0.1) is 10.1 Å². The van der Waals surface area contributed by atoms with E-state index >= 15 is 0 Å². The number of nitrogens with zero attached hydrogens (tertiary/aromatic N) is 4. The highest BCUT2D eigenvalue weighted by Gasteiger charge is 2.22. The van der Waals surface area contributed by atoms with E-state index in [1.807, 2.05) is 13.8 Å². The molecule has 2 heterocycles. The van der Waals surface area contributed by atoms with Gasteiger partial charge in [-0.1, -0.05) is 6.07 Å². The molecule has 8 nitrogen and oxygen atoms in total. The van der Waals surface area contributed by atoms with Gasteiger partial charge < -0.3 is 9.32 Å². The molecule has 0 N–H and O–H groups in total. The number of carbonyl (C=O) groups excluding carboxylic acids is 1. The fourth-order valence-electron chi connectivity index (χ4n) is 2.69. The first-order valence-corrected chi connectivity index (χ1v) is 8.23. The second-order valence-corrected chi connectivity index (χ2v) is 5.56. The zero-order chi connectivity index (χ0) is 18.7. The Hall–Kier alpha value is -3.42. The van der Waals surface area contributed by atoms with E-state index in [-0.39, 0.29) is 11.6 Å². The summed E-state index contributed by atoms with van der Waals surface area (Å²) in [7, 11) is 0. The van der Waals surface area contributed by atoms with E-state index in [9.17, 15) is 14.9 Å². The predicted octanol–water partition coefficient (Wildman–Crippen LogP) is 3.52. The maximum atomic E-state index is 12.9. The van der Waals surface area contributed by atoms with Gasteiger partial charge in [0.2, 0.25) is 0 Å². The predicted molar refractivity (Wildman–Crippen MR) is 95.2 cm³/mol. The molecule has 2 aromatic heterocycles. The van der Waals surface area contributed by atoms with E-state index in [4.69, 9.17) is 4.42 Å². The Labute approximate surface area is 149 Å². The Kier molecular flexibility index (Phi) is 4.83. The van der Waals surface area contributed by atoms with Gasteiger partial charge in [0.15, 0.2) is 5.76 Å². The van der Waals surface area contributed by atoms with Gasteiger partial charge in [-0.25, -0.2) is 4.68 Å². The van der Waals surface area contributed by atoms with E-state index in [1.54, 1.807) is 35.2 Å². The summed E-state index contributed by atoms with van der Waals surface area (Å²) in [5.41, 5.74) is 1.17. The Bertz CT molecular complexity index is 927. The van der Waals surface area contributed by atoms with Crippen molar-refractivity contribution in [1.29, 1.82) is 0 Å². The minimum absolute atomic E-state index is 0.0706. The summed E-state index contributed by atoms with van der Waals surface area (Å²) >= 11 is 0. The molecule has 0 saturated carbocycles. The topological polar surface area (TPSA) is 94.4 Å². The largest absolute Gasteiger partial charge is 0.463 e. The van der Waals surface area contributed by atoms with Gasteiger partial charge in [-0.15, -0.1) is 0 Å². The molecule has 0 fully saturated rings. The number of non-ortho nitro benzene ring substituents is 1. The van der Waals surface area contributed by atoms with Crippen molar-refractivity contribution in [3.8, 4) is 17.1 Å². The number of benzene rings is 1. The zero-order valence-corrected chi connectivity index (χ0v) is 14.5. The Morgan fingerprint density at radius 2 is 2.00 bits per heavy atom. The molecule has 0 aliphatic rings. The molecule has 0 radical (unpaired) electrons. The molecule has 0 aliphatic heterocycles. The minimum atomic E-state index is -0.480. The fraction of sp³-hybridized carbons (Fsp3) is 0.222. The molecule has 3 aromatic rings. The quantitative estimate of drug-likeness (QED) is 0.498. The molecule has 26 heavy (non-hydrogen) atoms. The van der Waals surface area contributed by atoms with E-state index < -0.39 is 4.92 Å². The maximum Gasteiger partial charge on any atom is 0.272 e. The molecular weight excluding hydrogens is 336 g/mol. The first-order chi connectivity index (χ1) is 12.5. The van der Waals surface area contributed by atoms with E-state index in [1.165, 1.54) is 23.1 Å². The Morgan fingerprint density at radius 3 is 2.62 bits per heavy atom. The van der Waals surface area contributed by atoms with Crippen LogP contribution in [0.3, 0.4) is 0 Å². The van der Waals surface area contributed by atoms with Crippen molar-refractivity contribution >= 4 is 11.6 Å². The van der Waals surface area contributed by atoms with Gasteiger partial charge >= 0.3 is 0 Å². The summed E-state index contributed by atoms with van der Waals surface area (Å²) in [6, 6.07) is 11.1. The van der Waals surface area contributed by atoms with Crippen LogP contribution in [0.1, 0.15) is 24.3 Å². The van der Waals surface area contributed by atoms with Crippen molar-refractivity contribution < 1.29 is 14.1 Å². The number of rotatable bonds is 6. The normalized spacial score (nSPS) is 10.7. The number of hydrogen-bond donors (Lipinski definition) is 0. The molecule has 0 bridgehead atoms. The molecule has 3 rings (SSSR count). The van der Waals surface area contributed by atoms with Crippen molar-refractivity contribution in [2.45, 2.75) is 13.8 Å². The summed E-state index contributed by atoms with van der Waals surface area (Å²) in [5.74, 6) is 0.314. The zero-order valence-electron chi connectivity index (χ0n) is 14.5. The Balaban J connectivity index is 2.15. The number of furan rings is 1. The number of aromatic nitrogens is 2. The number of carbonyl (C=O) groups is 1. The number of amides is 1. The van der Waals surface area contributed by atoms with Crippen molar-refractivity contribution in [2.75, 3.05) is 13.1 Å². The van der Waals surface area contributed by atoms with Gasteiger partial charge in [-0.05, 0) is 32.0 Å². The third-order valence-corrected chi connectivity index (χ3v) is 4.04. The number of nitro benzene ring substituents is 1. The third-order valence-electron chi connectivity index (χ3n) is 4.04. The van der Waals surface area contributed by atoms with Crippen LogP contribution in [-0.4, -0.2) is 38.6 Å². The molecule has 0 unspecified atom stereocenters. The number of nitro groups is 1. The summed E-state index contributed by atoms with van der Waals surface area (Å²) in [6.45, 7) is 4.88. The number of hydrogen-bond acceptors (Lipinski definition) is 5. The first kappa shape index (κ1) is 17.4. The van der Waals surface area contributed by atoms with Crippen LogP contribution < -0.4 is 0 Å². The highest BCUT2D eigenvalue weighted by molar-refractivity contribution is 5.94. The second kappa shape index (κ2) is 7.22. The van der Waals surface area contributed by atoms with E-state index in [0.717, 1.165) is 0 Å². The molecule has 8 heteroatoms. The standard InChI is InChI=1S/C18H18N4O4/c1-3-20(4-2)18(23)16-12-15(17-9-6-10-26-17)19-21(16)13-7-5-8-14(11-13)22(24)25/h5-12H,3-4H2,1-2H3. The average Bonchev–Trinajstić information content (AvgIpc) is 3.32. The van der Waals surface area contributed by atoms with Crippen molar-refractivity contribution in [1.82, 2.24) is 14.7 Å². The molecule has 0 atom stereocenters. The van der Waals surface area contributed by atoms with Crippen molar-refractivity contribution in [3.05, 3.63) is 64.5 Å². The van der Waals surface area contributed by atoms with Crippen LogP contribution in [0.2, 0.25) is 0 Å². The van der Waals surface area contributed by atoms with Crippen LogP contribution in [0.5, 0.6) is 0 Å². The van der Waals surface area contributed by atoms with Crippen molar-refractivity contribution in [2.24, 2.45) is 0 Å². The molecule has 1 aromatic carbocycles. The summed E-state index contributed by atoms with van der Waals surface area (Å²) in [5, 5.41) is 15.5. The van der Waals surface area contributed by atoms with Gasteiger partial charge in [-0.2, -0.15) is 5.10 Å². The maximum absolute atomic E-state index is 12.9. The highest BCUT2D eigenvalue weighted by atomic mass is 16.6. The van der Waals surface area contributed by atoms with Gasteiger partial charge in [0, 0.05) is 31.3 Å². The van der Waals surface area contributed by atoms with Crippen LogP contribution in [-0.2, 0) is 0 Å². The molecule has 0 spiro atoms. The van der Waals surface area contributed by atoms with Gasteiger partial charge in [0.1, 0.15) is 11.4 Å². The summed E-state index contributed by atoms with van der Waals surface area (Å²) in [4.78, 5) is 25.2. The van der Waals surface area contributed by atoms with Crippen molar-refractivity contribution in [3.63, 3.8) is 0 Å². The monoisotopic (exact) mass is 354 g/mol. The van der Waals surface area contributed by atoms with Crippen LogP contribution in [0.25, 0.3) is 17.1 Å². The molecular formula is C18H18N4O4. The SMILES string of the molecule is CCN(CC)C(=O)c1cc(-c2ccco2)nn1-c1cccc([N+](=O)[O-])c1. The third kappa shape index (κ3) is 3.21. The lowest BCUT2D eigenvalue weighted by Gasteiger charge is -2.19. The van der Waals surface area contributed by atoms with Gasteiger partial charge in [0.25, 0.3) is 11.6 Å². The second-order valence-electron chi connectivity index (χ2n) is 5.56.